The van der Waals surface area contributed by atoms with Crippen molar-refractivity contribution in [2.45, 2.75) is 25.8 Å². The van der Waals surface area contributed by atoms with Gasteiger partial charge < -0.3 is 10.1 Å². The predicted molar refractivity (Wildman–Crippen MR) is 78.4 cm³/mol. The minimum atomic E-state index is -0.364. The molecule has 2 aliphatic rings. The Morgan fingerprint density at radius 2 is 2.39 bits per heavy atom. The quantitative estimate of drug-likeness (QED) is 0.846. The van der Waals surface area contributed by atoms with Crippen LogP contribution in [0.5, 0.6) is 0 Å². The zero-order chi connectivity index (χ0) is 13.2. The third kappa shape index (κ3) is 2.83. The van der Waals surface area contributed by atoms with Crippen molar-refractivity contribution in [1.29, 1.82) is 0 Å². The van der Waals surface area contributed by atoms with Gasteiger partial charge in [-0.05, 0) is 20.3 Å². The largest absolute Gasteiger partial charge is 0.496 e. The summed E-state index contributed by atoms with van der Waals surface area (Å²) in [6.45, 7) is 4.53. The standard InChI is InChI=1S/C13H16BrNO2S/c1-9-11(18-8-7-17-9)12(16)15-13(2)6-4-3-5-10(13)14/h3-5H,6-8H2,1-2H3,(H,15,16). The fourth-order valence-electron chi connectivity index (χ4n) is 1.89. The molecule has 3 nitrogen and oxygen atoms in total. The molecule has 1 atom stereocenters. The van der Waals surface area contributed by atoms with Gasteiger partial charge in [0.1, 0.15) is 10.7 Å². The van der Waals surface area contributed by atoms with Gasteiger partial charge in [0, 0.05) is 10.2 Å². The summed E-state index contributed by atoms with van der Waals surface area (Å²) in [6.07, 6.45) is 6.79. The Labute approximate surface area is 120 Å². The van der Waals surface area contributed by atoms with Crippen molar-refractivity contribution in [3.8, 4) is 0 Å². The SMILES string of the molecule is CC1=C(C(=O)NC2(C)CC=CC=C2Br)SCCO1. The van der Waals surface area contributed by atoms with Gasteiger partial charge >= 0.3 is 0 Å². The van der Waals surface area contributed by atoms with Crippen LogP contribution in [0, 0.1) is 0 Å². The number of halogens is 1. The van der Waals surface area contributed by atoms with Gasteiger partial charge in [0.15, 0.2) is 0 Å². The van der Waals surface area contributed by atoms with Gasteiger partial charge in [-0.15, -0.1) is 11.8 Å². The fourth-order valence-corrected chi connectivity index (χ4v) is 3.12. The summed E-state index contributed by atoms with van der Waals surface area (Å²) in [6, 6.07) is 0. The monoisotopic (exact) mass is 329 g/mol. The number of nitrogens with one attached hydrogen (secondary N) is 1. The van der Waals surface area contributed by atoms with Crippen LogP contribution in [0.15, 0.2) is 33.4 Å². The Kier molecular flexibility index (Phi) is 4.22. The molecule has 0 aromatic rings. The molecular formula is C13H16BrNO2S. The molecule has 0 aromatic heterocycles. The highest BCUT2D eigenvalue weighted by atomic mass is 79.9. The summed E-state index contributed by atoms with van der Waals surface area (Å²) >= 11 is 5.08. The number of carbonyl (C=O) groups is 1. The van der Waals surface area contributed by atoms with E-state index in [1.807, 2.05) is 26.0 Å². The molecule has 1 N–H and O–H groups in total. The second kappa shape index (κ2) is 5.53. The van der Waals surface area contributed by atoms with Gasteiger partial charge in [-0.25, -0.2) is 0 Å². The second-order valence-corrected chi connectivity index (χ2v) is 6.47. The van der Waals surface area contributed by atoms with Crippen LogP contribution in [-0.2, 0) is 9.53 Å². The minimum absolute atomic E-state index is 0.0552. The lowest BCUT2D eigenvalue weighted by atomic mass is 9.93. The zero-order valence-corrected chi connectivity index (χ0v) is 12.9. The van der Waals surface area contributed by atoms with E-state index in [0.717, 1.165) is 22.4 Å². The first-order chi connectivity index (χ1) is 8.53. The summed E-state index contributed by atoms with van der Waals surface area (Å²) in [5.41, 5.74) is -0.364. The Hall–Kier alpha value is -0.680. The van der Waals surface area contributed by atoms with Crippen LogP contribution in [0.1, 0.15) is 20.3 Å². The molecule has 0 spiro atoms. The number of amides is 1. The van der Waals surface area contributed by atoms with Crippen LogP contribution in [0.3, 0.4) is 0 Å². The predicted octanol–water partition coefficient (Wildman–Crippen LogP) is 3.09. The van der Waals surface area contributed by atoms with Crippen molar-refractivity contribution in [2.24, 2.45) is 0 Å². The third-order valence-corrected chi connectivity index (χ3v) is 5.27. The average Bonchev–Trinajstić information content (AvgIpc) is 2.33. The highest BCUT2D eigenvalue weighted by Gasteiger charge is 2.32. The molecule has 1 unspecified atom stereocenters. The molecule has 0 aromatic carbocycles. The molecule has 98 valence electrons. The maximum absolute atomic E-state index is 12.3. The Morgan fingerprint density at radius 1 is 1.61 bits per heavy atom. The summed E-state index contributed by atoms with van der Waals surface area (Å²) in [4.78, 5) is 13.0. The Bertz CT molecular complexity index is 456. The molecule has 0 saturated heterocycles. The van der Waals surface area contributed by atoms with E-state index in [4.69, 9.17) is 4.74 Å². The number of ether oxygens (including phenoxy) is 1. The Balaban J connectivity index is 2.12. The van der Waals surface area contributed by atoms with Gasteiger partial charge in [-0.3, -0.25) is 4.79 Å². The van der Waals surface area contributed by atoms with Crippen molar-refractivity contribution in [2.75, 3.05) is 12.4 Å². The lowest BCUT2D eigenvalue weighted by molar-refractivity contribution is -0.118. The fraction of sp³-hybridized carbons (Fsp3) is 0.462. The number of thioether (sulfide) groups is 1. The molecule has 1 amide bonds. The number of rotatable bonds is 2. The Morgan fingerprint density at radius 3 is 3.06 bits per heavy atom. The van der Waals surface area contributed by atoms with Crippen LogP contribution < -0.4 is 5.32 Å². The molecular weight excluding hydrogens is 314 g/mol. The molecule has 0 radical (unpaired) electrons. The van der Waals surface area contributed by atoms with E-state index in [9.17, 15) is 4.79 Å². The molecule has 0 bridgehead atoms. The smallest absolute Gasteiger partial charge is 0.261 e. The van der Waals surface area contributed by atoms with Crippen molar-refractivity contribution in [1.82, 2.24) is 5.32 Å². The highest BCUT2D eigenvalue weighted by molar-refractivity contribution is 9.11. The lowest BCUT2D eigenvalue weighted by Gasteiger charge is -2.32. The van der Waals surface area contributed by atoms with E-state index in [1.54, 1.807) is 11.8 Å². The van der Waals surface area contributed by atoms with Crippen LogP contribution in [-0.4, -0.2) is 23.8 Å². The van der Waals surface area contributed by atoms with Gasteiger partial charge in [-0.2, -0.15) is 0 Å². The van der Waals surface area contributed by atoms with Crippen LogP contribution in [0.2, 0.25) is 0 Å². The van der Waals surface area contributed by atoms with Gasteiger partial charge in [0.25, 0.3) is 5.91 Å². The van der Waals surface area contributed by atoms with Crippen molar-refractivity contribution >= 4 is 33.6 Å². The number of hydrogen-bond donors (Lipinski definition) is 1. The van der Waals surface area contributed by atoms with Crippen molar-refractivity contribution in [3.05, 3.63) is 33.4 Å². The number of allylic oxidation sites excluding steroid dienone is 3. The maximum Gasteiger partial charge on any atom is 0.261 e. The van der Waals surface area contributed by atoms with Crippen LogP contribution in [0.4, 0.5) is 0 Å². The molecule has 0 saturated carbocycles. The molecule has 1 heterocycles. The molecule has 18 heavy (non-hydrogen) atoms. The highest BCUT2D eigenvalue weighted by Crippen LogP contribution is 2.32. The summed E-state index contributed by atoms with van der Waals surface area (Å²) in [5, 5.41) is 3.08. The van der Waals surface area contributed by atoms with Crippen LogP contribution >= 0.6 is 27.7 Å². The molecule has 1 aliphatic carbocycles. The van der Waals surface area contributed by atoms with Crippen LogP contribution in [0.25, 0.3) is 0 Å². The van der Waals surface area contributed by atoms with Gasteiger partial charge in [0.2, 0.25) is 0 Å². The number of hydrogen-bond acceptors (Lipinski definition) is 3. The third-order valence-electron chi connectivity index (χ3n) is 3.00. The second-order valence-electron chi connectivity index (χ2n) is 4.52. The minimum Gasteiger partial charge on any atom is -0.496 e. The average molecular weight is 330 g/mol. The lowest BCUT2D eigenvalue weighted by Crippen LogP contribution is -2.47. The van der Waals surface area contributed by atoms with E-state index in [1.165, 1.54) is 0 Å². The van der Waals surface area contributed by atoms with Gasteiger partial charge in [-0.1, -0.05) is 34.2 Å². The maximum atomic E-state index is 12.3. The first-order valence-corrected chi connectivity index (χ1v) is 7.62. The van der Waals surface area contributed by atoms with E-state index in [0.29, 0.717) is 11.5 Å². The molecule has 1 aliphatic heterocycles. The molecule has 5 heteroatoms. The molecule has 2 rings (SSSR count). The topological polar surface area (TPSA) is 38.3 Å². The van der Waals surface area contributed by atoms with E-state index in [2.05, 4.69) is 27.3 Å². The van der Waals surface area contributed by atoms with E-state index in [-0.39, 0.29) is 11.4 Å². The normalized spacial score (nSPS) is 27.6. The number of carbonyl (C=O) groups excluding carboxylic acids is 1. The zero-order valence-electron chi connectivity index (χ0n) is 10.5. The summed E-state index contributed by atoms with van der Waals surface area (Å²) < 4.78 is 6.41. The summed E-state index contributed by atoms with van der Waals surface area (Å²) in [7, 11) is 0. The summed E-state index contributed by atoms with van der Waals surface area (Å²) in [5.74, 6) is 1.49. The van der Waals surface area contributed by atoms with E-state index < -0.39 is 0 Å². The van der Waals surface area contributed by atoms with Crippen molar-refractivity contribution in [3.63, 3.8) is 0 Å². The van der Waals surface area contributed by atoms with Crippen molar-refractivity contribution < 1.29 is 9.53 Å². The van der Waals surface area contributed by atoms with E-state index >= 15 is 0 Å². The molecule has 0 fully saturated rings. The first-order valence-electron chi connectivity index (χ1n) is 5.85. The van der Waals surface area contributed by atoms with Gasteiger partial charge in [0.05, 0.1) is 12.1 Å². The first kappa shape index (κ1) is 13.7.